The molecule has 100 valence electrons. The molecule has 1 amide bonds. The maximum atomic E-state index is 12.1. The molecule has 0 aromatic carbocycles. The summed E-state index contributed by atoms with van der Waals surface area (Å²) in [6, 6.07) is 0.172. The normalized spacial score (nSPS) is 10.7. The number of amides is 1. The first-order valence-electron chi connectivity index (χ1n) is 6.01. The van der Waals surface area contributed by atoms with Crippen molar-refractivity contribution < 1.29 is 14.7 Å². The van der Waals surface area contributed by atoms with E-state index in [0.29, 0.717) is 12.1 Å². The van der Waals surface area contributed by atoms with Gasteiger partial charge < -0.3 is 10.0 Å². The lowest BCUT2D eigenvalue weighted by Crippen LogP contribution is -2.36. The SMILES string of the molecule is CCCN(CC(=O)O)C(=O)c1cnn(C(C)C)c1. The number of carboxylic acids is 1. The molecule has 0 aliphatic heterocycles. The maximum absolute atomic E-state index is 12.1. The van der Waals surface area contributed by atoms with Gasteiger partial charge in [0.05, 0.1) is 11.8 Å². The van der Waals surface area contributed by atoms with Gasteiger partial charge in [0, 0.05) is 18.8 Å². The second kappa shape index (κ2) is 6.18. The van der Waals surface area contributed by atoms with E-state index in [4.69, 9.17) is 5.11 Å². The van der Waals surface area contributed by atoms with E-state index in [2.05, 4.69) is 5.10 Å². The minimum Gasteiger partial charge on any atom is -0.480 e. The van der Waals surface area contributed by atoms with Crippen molar-refractivity contribution in [2.45, 2.75) is 33.2 Å². The van der Waals surface area contributed by atoms with Crippen LogP contribution >= 0.6 is 0 Å². The molecule has 1 rings (SSSR count). The summed E-state index contributed by atoms with van der Waals surface area (Å²) >= 11 is 0. The third kappa shape index (κ3) is 3.58. The number of carbonyl (C=O) groups excluding carboxylic acids is 1. The number of hydrogen-bond acceptors (Lipinski definition) is 3. The fraction of sp³-hybridized carbons (Fsp3) is 0.583. The van der Waals surface area contributed by atoms with Crippen LogP contribution in [-0.2, 0) is 4.79 Å². The molecule has 1 N–H and O–H groups in total. The van der Waals surface area contributed by atoms with Crippen LogP contribution in [0.1, 0.15) is 43.6 Å². The van der Waals surface area contributed by atoms with Crippen LogP contribution in [0.2, 0.25) is 0 Å². The predicted octanol–water partition coefficient (Wildman–Crippen LogP) is 1.40. The van der Waals surface area contributed by atoms with Crippen molar-refractivity contribution in [3.05, 3.63) is 18.0 Å². The summed E-state index contributed by atoms with van der Waals surface area (Å²) in [5.41, 5.74) is 0.429. The summed E-state index contributed by atoms with van der Waals surface area (Å²) in [7, 11) is 0. The molecule has 0 fully saturated rings. The van der Waals surface area contributed by atoms with Crippen LogP contribution in [-0.4, -0.2) is 44.8 Å². The summed E-state index contributed by atoms with van der Waals surface area (Å²) in [6.45, 7) is 5.97. The minimum absolute atomic E-state index is 0.172. The largest absolute Gasteiger partial charge is 0.480 e. The topological polar surface area (TPSA) is 75.4 Å². The third-order valence-electron chi connectivity index (χ3n) is 2.48. The van der Waals surface area contributed by atoms with Crippen molar-refractivity contribution in [2.24, 2.45) is 0 Å². The second-order valence-corrected chi connectivity index (χ2v) is 4.42. The Kier molecular flexibility index (Phi) is 4.88. The lowest BCUT2D eigenvalue weighted by atomic mass is 10.3. The van der Waals surface area contributed by atoms with Gasteiger partial charge in [-0.25, -0.2) is 0 Å². The maximum Gasteiger partial charge on any atom is 0.323 e. The Hall–Kier alpha value is -1.85. The van der Waals surface area contributed by atoms with Gasteiger partial charge in [0.1, 0.15) is 6.54 Å². The highest BCUT2D eigenvalue weighted by Gasteiger charge is 2.19. The van der Waals surface area contributed by atoms with Crippen LogP contribution in [0.5, 0.6) is 0 Å². The molecule has 0 bridgehead atoms. The monoisotopic (exact) mass is 253 g/mol. The molecular weight excluding hydrogens is 234 g/mol. The summed E-state index contributed by atoms with van der Waals surface area (Å²) < 4.78 is 1.68. The molecule has 0 unspecified atom stereocenters. The molecule has 1 aromatic heterocycles. The Morgan fingerprint density at radius 1 is 1.50 bits per heavy atom. The summed E-state index contributed by atoms with van der Waals surface area (Å²) in [4.78, 5) is 24.2. The Morgan fingerprint density at radius 2 is 2.17 bits per heavy atom. The van der Waals surface area contributed by atoms with E-state index in [1.165, 1.54) is 11.1 Å². The van der Waals surface area contributed by atoms with Gasteiger partial charge in [0.25, 0.3) is 5.91 Å². The predicted molar refractivity (Wildman–Crippen MR) is 66.4 cm³/mol. The highest BCUT2D eigenvalue weighted by atomic mass is 16.4. The van der Waals surface area contributed by atoms with E-state index in [0.717, 1.165) is 6.42 Å². The lowest BCUT2D eigenvalue weighted by molar-refractivity contribution is -0.137. The Morgan fingerprint density at radius 3 is 2.61 bits per heavy atom. The molecule has 6 nitrogen and oxygen atoms in total. The van der Waals surface area contributed by atoms with E-state index < -0.39 is 5.97 Å². The zero-order valence-electron chi connectivity index (χ0n) is 11.0. The quantitative estimate of drug-likeness (QED) is 0.831. The Balaban J connectivity index is 2.83. The van der Waals surface area contributed by atoms with E-state index in [1.54, 1.807) is 10.9 Å². The lowest BCUT2D eigenvalue weighted by Gasteiger charge is -2.18. The average Bonchev–Trinajstić information content (AvgIpc) is 2.76. The van der Waals surface area contributed by atoms with Crippen LogP contribution in [0.15, 0.2) is 12.4 Å². The van der Waals surface area contributed by atoms with Crippen molar-refractivity contribution in [2.75, 3.05) is 13.1 Å². The van der Waals surface area contributed by atoms with Crippen molar-refractivity contribution in [1.82, 2.24) is 14.7 Å². The summed E-state index contributed by atoms with van der Waals surface area (Å²) in [6.07, 6.45) is 3.85. The van der Waals surface area contributed by atoms with Crippen molar-refractivity contribution >= 4 is 11.9 Å². The van der Waals surface area contributed by atoms with Crippen LogP contribution in [0.3, 0.4) is 0 Å². The van der Waals surface area contributed by atoms with E-state index in [1.807, 2.05) is 20.8 Å². The molecule has 18 heavy (non-hydrogen) atoms. The minimum atomic E-state index is -1.01. The molecule has 1 heterocycles. The van der Waals surface area contributed by atoms with E-state index >= 15 is 0 Å². The first kappa shape index (κ1) is 14.2. The Bertz CT molecular complexity index is 426. The molecule has 0 aliphatic rings. The number of aliphatic carboxylic acids is 1. The Labute approximate surface area is 106 Å². The van der Waals surface area contributed by atoms with Gasteiger partial charge in [-0.2, -0.15) is 5.10 Å². The van der Waals surface area contributed by atoms with Gasteiger partial charge in [-0.15, -0.1) is 0 Å². The standard InChI is InChI=1S/C12H19N3O3/c1-4-5-14(8-11(16)17)12(18)10-6-13-15(7-10)9(2)3/h6-7,9H,4-5,8H2,1-3H3,(H,16,17). The number of carbonyl (C=O) groups is 2. The van der Waals surface area contributed by atoms with Gasteiger partial charge in [0.2, 0.25) is 0 Å². The molecule has 0 saturated carbocycles. The van der Waals surface area contributed by atoms with Crippen molar-refractivity contribution in [3.63, 3.8) is 0 Å². The summed E-state index contributed by atoms with van der Waals surface area (Å²) in [5.74, 6) is -1.29. The molecule has 1 aromatic rings. The number of rotatable bonds is 6. The number of aromatic nitrogens is 2. The smallest absolute Gasteiger partial charge is 0.323 e. The summed E-state index contributed by atoms with van der Waals surface area (Å²) in [5, 5.41) is 12.9. The molecule has 0 saturated heterocycles. The van der Waals surface area contributed by atoms with Gasteiger partial charge in [-0.05, 0) is 20.3 Å². The van der Waals surface area contributed by atoms with Gasteiger partial charge >= 0.3 is 5.97 Å². The van der Waals surface area contributed by atoms with Crippen molar-refractivity contribution in [1.29, 1.82) is 0 Å². The van der Waals surface area contributed by atoms with Crippen LogP contribution in [0.25, 0.3) is 0 Å². The molecule has 0 atom stereocenters. The van der Waals surface area contributed by atoms with Gasteiger partial charge in [-0.1, -0.05) is 6.92 Å². The molecule has 6 heteroatoms. The molecule has 0 spiro atoms. The number of nitrogens with zero attached hydrogens (tertiary/aromatic N) is 3. The van der Waals surface area contributed by atoms with E-state index in [9.17, 15) is 9.59 Å². The highest BCUT2D eigenvalue weighted by molar-refractivity contribution is 5.95. The zero-order chi connectivity index (χ0) is 13.7. The average molecular weight is 253 g/mol. The second-order valence-electron chi connectivity index (χ2n) is 4.42. The van der Waals surface area contributed by atoms with Crippen molar-refractivity contribution in [3.8, 4) is 0 Å². The molecular formula is C12H19N3O3. The first-order valence-corrected chi connectivity index (χ1v) is 6.01. The van der Waals surface area contributed by atoms with Gasteiger partial charge in [-0.3, -0.25) is 14.3 Å². The molecule has 0 aliphatic carbocycles. The fourth-order valence-electron chi connectivity index (χ4n) is 1.60. The van der Waals surface area contributed by atoms with Gasteiger partial charge in [0.15, 0.2) is 0 Å². The van der Waals surface area contributed by atoms with Crippen LogP contribution < -0.4 is 0 Å². The molecule has 0 radical (unpaired) electrons. The fourth-order valence-corrected chi connectivity index (χ4v) is 1.60. The van der Waals surface area contributed by atoms with E-state index in [-0.39, 0.29) is 18.5 Å². The first-order chi connectivity index (χ1) is 8.45. The highest BCUT2D eigenvalue weighted by Crippen LogP contribution is 2.08. The van der Waals surface area contributed by atoms with Crippen LogP contribution in [0, 0.1) is 0 Å². The third-order valence-corrected chi connectivity index (χ3v) is 2.48. The van der Waals surface area contributed by atoms with Crippen LogP contribution in [0.4, 0.5) is 0 Å². The number of hydrogen-bond donors (Lipinski definition) is 1. The number of carboxylic acid groups (broad SMARTS) is 1. The zero-order valence-corrected chi connectivity index (χ0v) is 11.0.